The van der Waals surface area contributed by atoms with Crippen LogP contribution < -0.4 is 5.73 Å². The van der Waals surface area contributed by atoms with Crippen LogP contribution >= 0.6 is 0 Å². The average Bonchev–Trinajstić information content (AvgIpc) is 2.75. The normalized spacial score (nSPS) is 23.6. The van der Waals surface area contributed by atoms with Crippen LogP contribution in [0.2, 0.25) is 0 Å². The van der Waals surface area contributed by atoms with Crippen molar-refractivity contribution >= 4 is 0 Å². The summed E-state index contributed by atoms with van der Waals surface area (Å²) in [4.78, 5) is 8.89. The van der Waals surface area contributed by atoms with Crippen molar-refractivity contribution in [2.75, 3.05) is 0 Å². The van der Waals surface area contributed by atoms with Gasteiger partial charge in [-0.15, -0.1) is 0 Å². The van der Waals surface area contributed by atoms with Crippen molar-refractivity contribution in [1.29, 1.82) is 0 Å². The molecule has 2 rings (SSSR count). The molecular weight excluding hydrogens is 174 g/mol. The second-order valence-electron chi connectivity index (χ2n) is 4.79. The lowest BCUT2D eigenvalue weighted by Gasteiger charge is -2.05. The fourth-order valence-electron chi connectivity index (χ4n) is 1.79. The third-order valence-electron chi connectivity index (χ3n) is 3.14. The molecule has 1 fully saturated rings. The monoisotopic (exact) mass is 191 g/mol. The van der Waals surface area contributed by atoms with E-state index >= 15 is 0 Å². The van der Waals surface area contributed by atoms with Gasteiger partial charge in [-0.3, -0.25) is 0 Å². The molecule has 0 spiro atoms. The Bertz CT molecular complexity index is 358. The molecule has 14 heavy (non-hydrogen) atoms. The summed E-state index contributed by atoms with van der Waals surface area (Å²) in [6, 6.07) is 0. The molecule has 0 aliphatic heterocycles. The predicted octanol–water partition coefficient (Wildman–Crippen LogP) is 1.76. The molecule has 1 aliphatic rings. The van der Waals surface area contributed by atoms with Crippen molar-refractivity contribution in [3.8, 4) is 0 Å². The van der Waals surface area contributed by atoms with Crippen LogP contribution in [0.3, 0.4) is 0 Å². The highest BCUT2D eigenvalue weighted by Gasteiger charge is 2.48. The zero-order valence-electron chi connectivity index (χ0n) is 9.04. The minimum Gasteiger partial charge on any atom is -0.326 e. The molecule has 1 aliphatic carbocycles. The number of rotatable bonds is 2. The number of nitrogens with zero attached hydrogens (tertiary/aromatic N) is 2. The van der Waals surface area contributed by atoms with Crippen LogP contribution in [0.5, 0.6) is 0 Å². The highest BCUT2D eigenvalue weighted by Crippen LogP contribution is 2.57. The quantitative estimate of drug-likeness (QED) is 0.775. The lowest BCUT2D eigenvalue weighted by atomic mass is 10.1. The maximum atomic E-state index is 5.57. The maximum Gasteiger partial charge on any atom is 0.132 e. The van der Waals surface area contributed by atoms with Crippen LogP contribution in [0.15, 0.2) is 6.20 Å². The minimum absolute atomic E-state index is 0.399. The fraction of sp³-hybridized carbons (Fsp3) is 0.636. The maximum absolute atomic E-state index is 5.57. The zero-order valence-corrected chi connectivity index (χ0v) is 9.04. The molecular formula is C11H17N3. The molecule has 1 atom stereocenters. The highest BCUT2D eigenvalue weighted by molar-refractivity contribution is 5.21. The van der Waals surface area contributed by atoms with Crippen molar-refractivity contribution in [1.82, 2.24) is 9.97 Å². The summed E-state index contributed by atoms with van der Waals surface area (Å²) in [5.74, 6) is 1.54. The Morgan fingerprint density at radius 3 is 2.64 bits per heavy atom. The van der Waals surface area contributed by atoms with E-state index in [0.717, 1.165) is 17.1 Å². The Kier molecular flexibility index (Phi) is 2.07. The average molecular weight is 191 g/mol. The molecule has 76 valence electrons. The smallest absolute Gasteiger partial charge is 0.132 e. The molecule has 1 aromatic rings. The first-order valence-corrected chi connectivity index (χ1v) is 5.07. The van der Waals surface area contributed by atoms with Gasteiger partial charge in [-0.1, -0.05) is 13.8 Å². The lowest BCUT2D eigenvalue weighted by molar-refractivity contribution is 0.606. The van der Waals surface area contributed by atoms with E-state index in [9.17, 15) is 0 Å². The van der Waals surface area contributed by atoms with E-state index in [0.29, 0.717) is 17.9 Å². The summed E-state index contributed by atoms with van der Waals surface area (Å²) in [5, 5.41) is 0. The van der Waals surface area contributed by atoms with Crippen LogP contribution in [0.25, 0.3) is 0 Å². The van der Waals surface area contributed by atoms with Crippen LogP contribution in [0, 0.1) is 12.3 Å². The Balaban J connectivity index is 2.26. The topological polar surface area (TPSA) is 51.8 Å². The van der Waals surface area contributed by atoms with Gasteiger partial charge < -0.3 is 5.73 Å². The second kappa shape index (κ2) is 3.02. The number of hydrogen-bond donors (Lipinski definition) is 1. The lowest BCUT2D eigenvalue weighted by Crippen LogP contribution is -2.05. The molecule has 0 aromatic carbocycles. The van der Waals surface area contributed by atoms with Crippen molar-refractivity contribution in [3.63, 3.8) is 0 Å². The standard InChI is InChI=1S/C11H17N3/c1-7-8(5-12)6-13-10(14-7)9-4-11(9,2)3/h6,9H,4-5,12H2,1-3H3. The van der Waals surface area contributed by atoms with Crippen LogP contribution in [0.1, 0.15) is 43.3 Å². The summed E-state index contributed by atoms with van der Waals surface area (Å²) in [6.45, 7) is 7.04. The van der Waals surface area contributed by atoms with Crippen LogP contribution in [-0.4, -0.2) is 9.97 Å². The van der Waals surface area contributed by atoms with Gasteiger partial charge >= 0.3 is 0 Å². The van der Waals surface area contributed by atoms with Crippen LogP contribution in [0.4, 0.5) is 0 Å². The summed E-state index contributed by atoms with van der Waals surface area (Å²) >= 11 is 0. The van der Waals surface area contributed by atoms with Crippen molar-refractivity contribution in [2.24, 2.45) is 11.1 Å². The van der Waals surface area contributed by atoms with Crippen molar-refractivity contribution in [2.45, 2.75) is 39.7 Å². The Labute approximate surface area is 84.8 Å². The first-order chi connectivity index (χ1) is 6.54. The van der Waals surface area contributed by atoms with Gasteiger partial charge in [0.05, 0.1) is 0 Å². The number of hydrogen-bond acceptors (Lipinski definition) is 3. The molecule has 0 radical (unpaired) electrons. The van der Waals surface area contributed by atoms with E-state index in [4.69, 9.17) is 5.73 Å². The van der Waals surface area contributed by atoms with Crippen molar-refractivity contribution in [3.05, 3.63) is 23.3 Å². The largest absolute Gasteiger partial charge is 0.326 e. The number of aryl methyl sites for hydroxylation is 1. The van der Waals surface area contributed by atoms with Gasteiger partial charge in [0, 0.05) is 29.9 Å². The molecule has 1 heterocycles. The highest BCUT2D eigenvalue weighted by atomic mass is 14.9. The SMILES string of the molecule is Cc1nc(C2CC2(C)C)ncc1CN. The van der Waals surface area contributed by atoms with E-state index < -0.39 is 0 Å². The molecule has 0 saturated heterocycles. The van der Waals surface area contributed by atoms with Gasteiger partial charge in [0.1, 0.15) is 5.82 Å². The minimum atomic E-state index is 0.399. The van der Waals surface area contributed by atoms with E-state index in [1.54, 1.807) is 0 Å². The summed E-state index contributed by atoms with van der Waals surface area (Å²) < 4.78 is 0. The van der Waals surface area contributed by atoms with Gasteiger partial charge in [-0.2, -0.15) is 0 Å². The molecule has 1 saturated carbocycles. The molecule has 1 aromatic heterocycles. The van der Waals surface area contributed by atoms with Crippen molar-refractivity contribution < 1.29 is 0 Å². The summed E-state index contributed by atoms with van der Waals surface area (Å²) in [5.41, 5.74) is 8.04. The molecule has 0 bridgehead atoms. The van der Waals surface area contributed by atoms with Gasteiger partial charge in [0.25, 0.3) is 0 Å². The predicted molar refractivity (Wildman–Crippen MR) is 55.8 cm³/mol. The third-order valence-corrected chi connectivity index (χ3v) is 3.14. The molecule has 3 nitrogen and oxygen atoms in total. The van der Waals surface area contributed by atoms with Crippen LogP contribution in [-0.2, 0) is 6.54 Å². The van der Waals surface area contributed by atoms with Gasteiger partial charge in [-0.05, 0) is 18.8 Å². The van der Waals surface area contributed by atoms with Gasteiger partial charge in [-0.25, -0.2) is 9.97 Å². The summed E-state index contributed by atoms with van der Waals surface area (Å²) in [6.07, 6.45) is 3.07. The first-order valence-electron chi connectivity index (χ1n) is 5.07. The Morgan fingerprint density at radius 1 is 1.57 bits per heavy atom. The molecule has 0 amide bonds. The summed E-state index contributed by atoms with van der Waals surface area (Å²) in [7, 11) is 0. The Hall–Kier alpha value is -0.960. The molecule has 3 heteroatoms. The number of nitrogens with two attached hydrogens (primary N) is 1. The van der Waals surface area contributed by atoms with Gasteiger partial charge in [0.2, 0.25) is 0 Å². The fourth-order valence-corrected chi connectivity index (χ4v) is 1.79. The first kappa shape index (κ1) is 9.59. The third kappa shape index (κ3) is 1.52. The van der Waals surface area contributed by atoms with E-state index in [-0.39, 0.29) is 0 Å². The van der Waals surface area contributed by atoms with E-state index in [1.807, 2.05) is 13.1 Å². The molecule has 1 unspecified atom stereocenters. The second-order valence-corrected chi connectivity index (χ2v) is 4.79. The van der Waals surface area contributed by atoms with E-state index in [1.165, 1.54) is 6.42 Å². The number of aromatic nitrogens is 2. The zero-order chi connectivity index (χ0) is 10.3. The van der Waals surface area contributed by atoms with Gasteiger partial charge in [0.15, 0.2) is 0 Å². The molecule has 2 N–H and O–H groups in total. The Morgan fingerprint density at radius 2 is 2.21 bits per heavy atom. The van der Waals surface area contributed by atoms with E-state index in [2.05, 4.69) is 23.8 Å².